The minimum atomic E-state index is -0.121. The van der Waals surface area contributed by atoms with Crippen LogP contribution in [0.25, 0.3) is 0 Å². The van der Waals surface area contributed by atoms with E-state index in [4.69, 9.17) is 0 Å². The predicted octanol–water partition coefficient (Wildman–Crippen LogP) is 2.58. The summed E-state index contributed by atoms with van der Waals surface area (Å²) in [6.45, 7) is 3.92. The SMILES string of the molecule is CN1C[C@@H](c2ccccc2)CC2(CCN(C(=O)Cn3ccccc3=O)CC2)C1. The predicted molar refractivity (Wildman–Crippen MR) is 110 cm³/mol. The number of amides is 1. The molecule has 2 fully saturated rings. The molecule has 5 nitrogen and oxygen atoms in total. The molecule has 1 atom stereocenters. The number of nitrogens with zero attached hydrogens (tertiary/aromatic N) is 3. The van der Waals surface area contributed by atoms with Gasteiger partial charge in [0.1, 0.15) is 6.54 Å². The van der Waals surface area contributed by atoms with Crippen molar-refractivity contribution in [3.05, 3.63) is 70.6 Å². The number of carbonyl (C=O) groups excluding carboxylic acids is 1. The zero-order chi connectivity index (χ0) is 19.6. The van der Waals surface area contributed by atoms with Crippen molar-refractivity contribution in [2.24, 2.45) is 5.41 Å². The van der Waals surface area contributed by atoms with Crippen molar-refractivity contribution in [3.63, 3.8) is 0 Å². The van der Waals surface area contributed by atoms with Gasteiger partial charge in [0.15, 0.2) is 0 Å². The minimum Gasteiger partial charge on any atom is -0.341 e. The summed E-state index contributed by atoms with van der Waals surface area (Å²) in [5.41, 5.74) is 1.59. The first-order valence-electron chi connectivity index (χ1n) is 10.2. The number of hydrogen-bond donors (Lipinski definition) is 0. The van der Waals surface area contributed by atoms with Gasteiger partial charge in [0.05, 0.1) is 0 Å². The standard InChI is InChI=1S/C23H29N3O2/c1-24-16-20(19-7-3-2-4-8-19)15-23(18-24)10-13-25(14-11-23)22(28)17-26-12-6-5-9-21(26)27/h2-9,12,20H,10-11,13-18H2,1H3/t20-/m0/s1. The van der Waals surface area contributed by atoms with Gasteiger partial charge < -0.3 is 14.4 Å². The van der Waals surface area contributed by atoms with Gasteiger partial charge in [0, 0.05) is 38.4 Å². The maximum absolute atomic E-state index is 12.7. The molecule has 0 aliphatic carbocycles. The third-order valence-electron chi connectivity index (χ3n) is 6.47. The number of likely N-dealkylation sites (N-methyl/N-ethyl adjacent to an activating group) is 1. The second kappa shape index (κ2) is 7.92. The first kappa shape index (κ1) is 18.9. The minimum absolute atomic E-state index is 0.0481. The molecule has 2 aliphatic rings. The van der Waals surface area contributed by atoms with Crippen LogP contribution in [0.4, 0.5) is 0 Å². The lowest BCUT2D eigenvalue weighted by molar-refractivity contribution is -0.135. The molecule has 5 heteroatoms. The average molecular weight is 380 g/mol. The first-order chi connectivity index (χ1) is 13.5. The normalized spacial score (nSPS) is 22.3. The molecular formula is C23H29N3O2. The molecule has 4 rings (SSSR count). The number of benzene rings is 1. The van der Waals surface area contributed by atoms with Crippen molar-refractivity contribution >= 4 is 5.91 Å². The van der Waals surface area contributed by atoms with Crippen LogP contribution < -0.4 is 5.56 Å². The molecule has 1 aromatic heterocycles. The number of pyridine rings is 1. The number of aromatic nitrogens is 1. The fraction of sp³-hybridized carbons (Fsp3) is 0.478. The number of hydrogen-bond acceptors (Lipinski definition) is 3. The number of carbonyl (C=O) groups is 1. The quantitative estimate of drug-likeness (QED) is 0.823. The second-order valence-corrected chi connectivity index (χ2v) is 8.56. The van der Waals surface area contributed by atoms with Gasteiger partial charge in [-0.1, -0.05) is 36.4 Å². The van der Waals surface area contributed by atoms with Gasteiger partial charge in [-0.15, -0.1) is 0 Å². The van der Waals surface area contributed by atoms with E-state index >= 15 is 0 Å². The van der Waals surface area contributed by atoms with Crippen molar-refractivity contribution in [2.45, 2.75) is 31.7 Å². The molecule has 0 saturated carbocycles. The Morgan fingerprint density at radius 2 is 1.79 bits per heavy atom. The molecule has 0 N–H and O–H groups in total. The summed E-state index contributed by atoms with van der Waals surface area (Å²) in [5, 5.41) is 0. The van der Waals surface area contributed by atoms with Gasteiger partial charge in [-0.05, 0) is 49.3 Å². The Morgan fingerprint density at radius 1 is 1.07 bits per heavy atom. The summed E-state index contributed by atoms with van der Waals surface area (Å²) in [6.07, 6.45) is 4.96. The summed E-state index contributed by atoms with van der Waals surface area (Å²) >= 11 is 0. The van der Waals surface area contributed by atoms with Gasteiger partial charge >= 0.3 is 0 Å². The van der Waals surface area contributed by atoms with Crippen LogP contribution in [0.3, 0.4) is 0 Å². The Labute approximate surface area is 166 Å². The molecular weight excluding hydrogens is 350 g/mol. The molecule has 0 radical (unpaired) electrons. The lowest BCUT2D eigenvalue weighted by Crippen LogP contribution is -2.52. The summed E-state index contributed by atoms with van der Waals surface area (Å²) in [7, 11) is 2.22. The highest BCUT2D eigenvalue weighted by Gasteiger charge is 2.42. The Kier molecular flexibility index (Phi) is 5.36. The van der Waals surface area contributed by atoms with Crippen LogP contribution in [-0.4, -0.2) is 53.5 Å². The lowest BCUT2D eigenvalue weighted by atomic mass is 9.68. The van der Waals surface area contributed by atoms with E-state index < -0.39 is 0 Å². The fourth-order valence-electron chi connectivity index (χ4n) is 5.04. The van der Waals surface area contributed by atoms with Crippen LogP contribution in [-0.2, 0) is 11.3 Å². The van der Waals surface area contributed by atoms with Gasteiger partial charge in [0.25, 0.3) is 5.56 Å². The van der Waals surface area contributed by atoms with Gasteiger partial charge in [-0.25, -0.2) is 0 Å². The summed E-state index contributed by atoms with van der Waals surface area (Å²) in [4.78, 5) is 29.0. The van der Waals surface area contributed by atoms with Crippen molar-refractivity contribution in [1.29, 1.82) is 0 Å². The van der Waals surface area contributed by atoms with Gasteiger partial charge in [0.2, 0.25) is 5.91 Å². The Hall–Kier alpha value is -2.40. The molecule has 148 valence electrons. The number of likely N-dealkylation sites (tertiary alicyclic amines) is 2. The molecule has 28 heavy (non-hydrogen) atoms. The zero-order valence-electron chi connectivity index (χ0n) is 16.6. The maximum atomic E-state index is 12.7. The van der Waals surface area contributed by atoms with E-state index in [2.05, 4.69) is 42.3 Å². The molecule has 1 spiro atoms. The largest absolute Gasteiger partial charge is 0.341 e. The molecule has 2 aliphatic heterocycles. The molecule has 0 bridgehead atoms. The Balaban J connectivity index is 1.40. The van der Waals surface area contributed by atoms with Crippen LogP contribution >= 0.6 is 0 Å². The second-order valence-electron chi connectivity index (χ2n) is 8.56. The van der Waals surface area contributed by atoms with Crippen molar-refractivity contribution in [1.82, 2.24) is 14.4 Å². The third-order valence-corrected chi connectivity index (χ3v) is 6.47. The average Bonchev–Trinajstić information content (AvgIpc) is 2.70. The van der Waals surface area contributed by atoms with Gasteiger partial charge in [-0.2, -0.15) is 0 Å². The Morgan fingerprint density at radius 3 is 2.50 bits per heavy atom. The topological polar surface area (TPSA) is 45.5 Å². The summed E-state index contributed by atoms with van der Waals surface area (Å²) in [5.74, 6) is 0.608. The maximum Gasteiger partial charge on any atom is 0.250 e. The fourth-order valence-corrected chi connectivity index (χ4v) is 5.04. The molecule has 1 amide bonds. The van der Waals surface area contributed by atoms with E-state index in [1.165, 1.54) is 22.6 Å². The van der Waals surface area contributed by atoms with Crippen LogP contribution in [0, 0.1) is 5.41 Å². The van der Waals surface area contributed by atoms with Crippen LogP contribution in [0.5, 0.6) is 0 Å². The van der Waals surface area contributed by atoms with E-state index in [9.17, 15) is 9.59 Å². The first-order valence-corrected chi connectivity index (χ1v) is 10.2. The highest BCUT2D eigenvalue weighted by atomic mass is 16.2. The molecule has 2 aromatic rings. The monoisotopic (exact) mass is 379 g/mol. The number of rotatable bonds is 3. The third kappa shape index (κ3) is 4.04. The molecule has 2 saturated heterocycles. The van der Waals surface area contributed by atoms with E-state index in [1.807, 2.05) is 4.90 Å². The lowest BCUT2D eigenvalue weighted by Gasteiger charge is -2.49. The summed E-state index contributed by atoms with van der Waals surface area (Å²) in [6, 6.07) is 15.8. The smallest absolute Gasteiger partial charge is 0.250 e. The van der Waals surface area contributed by atoms with E-state index in [1.54, 1.807) is 18.3 Å². The van der Waals surface area contributed by atoms with Gasteiger partial charge in [-0.3, -0.25) is 9.59 Å². The van der Waals surface area contributed by atoms with Crippen molar-refractivity contribution in [3.8, 4) is 0 Å². The molecule has 3 heterocycles. The zero-order valence-corrected chi connectivity index (χ0v) is 16.6. The molecule has 1 aromatic carbocycles. The number of piperidine rings is 2. The van der Waals surface area contributed by atoms with E-state index in [-0.39, 0.29) is 23.4 Å². The van der Waals surface area contributed by atoms with E-state index in [0.717, 1.165) is 39.0 Å². The highest BCUT2D eigenvalue weighted by Crippen LogP contribution is 2.44. The van der Waals surface area contributed by atoms with Crippen LogP contribution in [0.15, 0.2) is 59.5 Å². The van der Waals surface area contributed by atoms with Crippen LogP contribution in [0.1, 0.15) is 30.7 Å². The summed E-state index contributed by atoms with van der Waals surface area (Å²) < 4.78 is 1.49. The van der Waals surface area contributed by atoms with Crippen molar-refractivity contribution in [2.75, 3.05) is 33.2 Å². The highest BCUT2D eigenvalue weighted by molar-refractivity contribution is 5.76. The molecule has 0 unspecified atom stereocenters. The van der Waals surface area contributed by atoms with Crippen LogP contribution in [0.2, 0.25) is 0 Å². The van der Waals surface area contributed by atoms with E-state index in [0.29, 0.717) is 5.92 Å². The Bertz CT molecular complexity index is 869. The van der Waals surface area contributed by atoms with Crippen molar-refractivity contribution < 1.29 is 4.79 Å².